The number of nitrogens with one attached hydrogen (secondary N) is 2. The van der Waals surface area contributed by atoms with Crippen LogP contribution in [-0.2, 0) is 4.74 Å². The van der Waals surface area contributed by atoms with E-state index in [-0.39, 0.29) is 17.9 Å². The zero-order valence-corrected chi connectivity index (χ0v) is 20.5. The fourth-order valence-electron chi connectivity index (χ4n) is 5.24. The van der Waals surface area contributed by atoms with E-state index in [0.29, 0.717) is 0 Å². The second kappa shape index (κ2) is 14.2. The van der Waals surface area contributed by atoms with Crippen molar-refractivity contribution in [1.29, 1.82) is 0 Å². The number of ether oxygens (including phenoxy) is 1. The maximum absolute atomic E-state index is 13.2. The van der Waals surface area contributed by atoms with E-state index in [9.17, 15) is 4.79 Å². The Hall–Kier alpha value is -2.17. The van der Waals surface area contributed by atoms with E-state index in [4.69, 9.17) is 4.74 Å². The molecular weight excluding hydrogens is 408 g/mol. The molecule has 0 saturated heterocycles. The lowest BCUT2D eigenvalue weighted by Crippen LogP contribution is -2.42. The van der Waals surface area contributed by atoms with E-state index < -0.39 is 0 Å². The molecule has 1 unspecified atom stereocenters. The van der Waals surface area contributed by atoms with Crippen molar-refractivity contribution in [3.05, 3.63) is 71.3 Å². The first-order valence-corrected chi connectivity index (χ1v) is 12.8. The summed E-state index contributed by atoms with van der Waals surface area (Å²) in [6.45, 7) is 1.60. The van der Waals surface area contributed by atoms with Gasteiger partial charge >= 0.3 is 0 Å². The number of hydrogen-bond donors (Lipinski definition) is 2. The van der Waals surface area contributed by atoms with Gasteiger partial charge in [0, 0.05) is 37.8 Å². The van der Waals surface area contributed by atoms with Gasteiger partial charge in [0.05, 0.1) is 0 Å². The summed E-state index contributed by atoms with van der Waals surface area (Å²) >= 11 is 0. The summed E-state index contributed by atoms with van der Waals surface area (Å²) in [6, 6.07) is 19.1. The predicted octanol–water partition coefficient (Wildman–Crippen LogP) is 5.92. The van der Waals surface area contributed by atoms with Crippen LogP contribution in [0.1, 0.15) is 85.2 Å². The molecule has 0 radical (unpaired) electrons. The third-order valence-corrected chi connectivity index (χ3v) is 6.97. The molecule has 3 rings (SSSR count). The number of amides is 1. The lowest BCUT2D eigenvalue weighted by Gasteiger charge is -2.27. The molecule has 1 fully saturated rings. The maximum atomic E-state index is 13.2. The average molecular weight is 451 g/mol. The summed E-state index contributed by atoms with van der Waals surface area (Å²) in [6.07, 6.45) is 10.9. The number of rotatable bonds is 13. The highest BCUT2D eigenvalue weighted by Crippen LogP contribution is 2.31. The van der Waals surface area contributed by atoms with Crippen molar-refractivity contribution in [2.75, 3.05) is 27.3 Å². The SMILES string of the molecule is CNCC(CC1CCCCC1)NC(=O)c1cccc([C@@H](CCCCOC)c2ccccc2)c1. The number of benzene rings is 2. The van der Waals surface area contributed by atoms with Crippen LogP contribution in [0.5, 0.6) is 0 Å². The second-order valence-electron chi connectivity index (χ2n) is 9.55. The zero-order valence-electron chi connectivity index (χ0n) is 20.5. The van der Waals surface area contributed by atoms with Gasteiger partial charge in [-0.15, -0.1) is 0 Å². The van der Waals surface area contributed by atoms with Crippen molar-refractivity contribution in [3.63, 3.8) is 0 Å². The molecule has 4 nitrogen and oxygen atoms in total. The first kappa shape index (κ1) is 25.5. The van der Waals surface area contributed by atoms with Crippen LogP contribution in [0.25, 0.3) is 0 Å². The van der Waals surface area contributed by atoms with E-state index in [2.05, 4.69) is 53.1 Å². The van der Waals surface area contributed by atoms with Gasteiger partial charge in [-0.05, 0) is 55.5 Å². The van der Waals surface area contributed by atoms with Gasteiger partial charge in [0.1, 0.15) is 0 Å². The Morgan fingerprint density at radius 2 is 1.76 bits per heavy atom. The summed E-state index contributed by atoms with van der Waals surface area (Å²) in [5, 5.41) is 6.60. The summed E-state index contributed by atoms with van der Waals surface area (Å²) in [5.41, 5.74) is 3.27. The van der Waals surface area contributed by atoms with Gasteiger partial charge in [-0.1, -0.05) is 81.0 Å². The molecule has 4 heteroatoms. The summed E-state index contributed by atoms with van der Waals surface area (Å²) in [5.74, 6) is 1.06. The van der Waals surface area contributed by atoms with Crippen molar-refractivity contribution in [2.24, 2.45) is 5.92 Å². The third-order valence-electron chi connectivity index (χ3n) is 6.97. The molecule has 0 aromatic heterocycles. The van der Waals surface area contributed by atoms with Gasteiger partial charge < -0.3 is 15.4 Å². The van der Waals surface area contributed by atoms with Gasteiger partial charge in [-0.25, -0.2) is 0 Å². The van der Waals surface area contributed by atoms with Gasteiger partial charge in [0.15, 0.2) is 0 Å². The van der Waals surface area contributed by atoms with Crippen LogP contribution < -0.4 is 10.6 Å². The fraction of sp³-hybridized carbons (Fsp3) is 0.552. The van der Waals surface area contributed by atoms with Crippen molar-refractivity contribution in [3.8, 4) is 0 Å². The van der Waals surface area contributed by atoms with Crippen molar-refractivity contribution >= 4 is 5.91 Å². The second-order valence-corrected chi connectivity index (χ2v) is 9.55. The number of carbonyl (C=O) groups excluding carboxylic acids is 1. The van der Waals surface area contributed by atoms with Crippen LogP contribution in [0.3, 0.4) is 0 Å². The van der Waals surface area contributed by atoms with Crippen molar-refractivity contribution < 1.29 is 9.53 Å². The van der Waals surface area contributed by atoms with E-state index in [1.54, 1.807) is 7.11 Å². The molecule has 33 heavy (non-hydrogen) atoms. The molecule has 2 aromatic carbocycles. The van der Waals surface area contributed by atoms with Gasteiger partial charge in [0.25, 0.3) is 5.91 Å². The molecule has 1 saturated carbocycles. The predicted molar refractivity (Wildman–Crippen MR) is 137 cm³/mol. The molecule has 0 aliphatic heterocycles. The van der Waals surface area contributed by atoms with Gasteiger partial charge in [0.2, 0.25) is 0 Å². The highest BCUT2D eigenvalue weighted by atomic mass is 16.5. The van der Waals surface area contributed by atoms with Crippen LogP contribution in [0.2, 0.25) is 0 Å². The minimum atomic E-state index is 0.0408. The Bertz CT molecular complexity index is 817. The Labute approximate surface area is 200 Å². The number of unbranched alkanes of at least 4 members (excludes halogenated alkanes) is 1. The average Bonchev–Trinajstić information content (AvgIpc) is 2.85. The fourth-order valence-corrected chi connectivity index (χ4v) is 5.24. The van der Waals surface area contributed by atoms with E-state index in [1.165, 1.54) is 43.2 Å². The molecule has 0 bridgehead atoms. The van der Waals surface area contributed by atoms with E-state index in [1.807, 2.05) is 19.2 Å². The molecule has 180 valence electrons. The standard InChI is InChI=1S/C29H42N2O2/c1-30-22-27(20-23-12-5-3-6-13-23)31-29(32)26-17-11-16-25(21-26)28(18-9-10-19-33-2)24-14-7-4-8-15-24/h4,7-8,11,14-17,21,23,27-28,30H,3,5-6,9-10,12-13,18-20,22H2,1-2H3,(H,31,32)/t27?,28-/m0/s1. The van der Waals surface area contributed by atoms with Crippen molar-refractivity contribution in [1.82, 2.24) is 10.6 Å². The summed E-state index contributed by atoms with van der Waals surface area (Å²) < 4.78 is 5.24. The first-order chi connectivity index (χ1) is 16.2. The van der Waals surface area contributed by atoms with E-state index in [0.717, 1.165) is 50.3 Å². The van der Waals surface area contributed by atoms with Gasteiger partial charge in [-0.3, -0.25) is 4.79 Å². The molecule has 0 heterocycles. The minimum absolute atomic E-state index is 0.0408. The molecule has 2 atom stereocenters. The Morgan fingerprint density at radius 1 is 1.00 bits per heavy atom. The third kappa shape index (κ3) is 8.28. The van der Waals surface area contributed by atoms with Crippen LogP contribution in [0.4, 0.5) is 0 Å². The first-order valence-electron chi connectivity index (χ1n) is 12.8. The number of methoxy groups -OCH3 is 1. The molecule has 1 aliphatic carbocycles. The molecule has 1 aliphatic rings. The molecule has 1 amide bonds. The monoisotopic (exact) mass is 450 g/mol. The van der Waals surface area contributed by atoms with Crippen LogP contribution in [0, 0.1) is 5.92 Å². The molecule has 0 spiro atoms. The topological polar surface area (TPSA) is 50.4 Å². The van der Waals surface area contributed by atoms with Crippen molar-refractivity contribution in [2.45, 2.75) is 69.7 Å². The largest absolute Gasteiger partial charge is 0.385 e. The smallest absolute Gasteiger partial charge is 0.251 e. The molecular formula is C29H42N2O2. The van der Waals surface area contributed by atoms with Gasteiger partial charge in [-0.2, -0.15) is 0 Å². The number of hydrogen-bond acceptors (Lipinski definition) is 3. The highest BCUT2D eigenvalue weighted by Gasteiger charge is 2.21. The lowest BCUT2D eigenvalue weighted by molar-refractivity contribution is 0.0928. The Balaban J connectivity index is 1.71. The van der Waals surface area contributed by atoms with Crippen LogP contribution in [0.15, 0.2) is 54.6 Å². The quantitative estimate of drug-likeness (QED) is 0.372. The lowest BCUT2D eigenvalue weighted by atomic mass is 9.84. The molecule has 2 aromatic rings. The zero-order chi connectivity index (χ0) is 23.3. The highest BCUT2D eigenvalue weighted by molar-refractivity contribution is 5.94. The van der Waals surface area contributed by atoms with E-state index >= 15 is 0 Å². The maximum Gasteiger partial charge on any atom is 0.251 e. The minimum Gasteiger partial charge on any atom is -0.385 e. The summed E-state index contributed by atoms with van der Waals surface area (Å²) in [7, 11) is 3.72. The Kier molecular flexibility index (Phi) is 10.9. The normalized spacial score (nSPS) is 16.3. The number of likely N-dealkylation sites (N-methyl/N-ethyl adjacent to an activating group) is 1. The Morgan fingerprint density at radius 3 is 2.48 bits per heavy atom. The van der Waals surface area contributed by atoms with Crippen LogP contribution >= 0.6 is 0 Å². The van der Waals surface area contributed by atoms with Crippen LogP contribution in [-0.4, -0.2) is 39.3 Å². The molecule has 2 N–H and O–H groups in total. The number of carbonyl (C=O) groups is 1. The summed E-state index contributed by atoms with van der Waals surface area (Å²) in [4.78, 5) is 13.2.